The number of sulfone groups is 1. The summed E-state index contributed by atoms with van der Waals surface area (Å²) in [5.74, 6) is 1.35. The Bertz CT molecular complexity index is 769. The Kier molecular flexibility index (Phi) is 10.0. The maximum Gasteiger partial charge on any atom is 0.191 e. The van der Waals surface area contributed by atoms with Gasteiger partial charge in [0.1, 0.15) is 12.4 Å². The van der Waals surface area contributed by atoms with Crippen LogP contribution in [0.4, 0.5) is 0 Å². The van der Waals surface area contributed by atoms with Crippen molar-refractivity contribution in [3.8, 4) is 5.75 Å². The first kappa shape index (κ1) is 22.2. The molecule has 0 bridgehead atoms. The molecule has 2 rings (SSSR count). The van der Waals surface area contributed by atoms with Crippen LogP contribution in [0.25, 0.3) is 0 Å². The van der Waals surface area contributed by atoms with Crippen molar-refractivity contribution in [2.45, 2.75) is 4.90 Å². The van der Waals surface area contributed by atoms with E-state index in [1.54, 1.807) is 37.4 Å². The van der Waals surface area contributed by atoms with Gasteiger partial charge in [-0.1, -0.05) is 36.4 Å². The quantitative estimate of drug-likeness (QED) is 0.258. The first-order valence-electron chi connectivity index (χ1n) is 8.02. The van der Waals surface area contributed by atoms with Gasteiger partial charge in [0.05, 0.1) is 17.2 Å². The van der Waals surface area contributed by atoms with E-state index in [1.807, 2.05) is 30.3 Å². The fourth-order valence-electron chi connectivity index (χ4n) is 2.13. The van der Waals surface area contributed by atoms with E-state index < -0.39 is 9.84 Å². The van der Waals surface area contributed by atoms with Crippen LogP contribution < -0.4 is 15.4 Å². The SMILES string of the molecule is CN=C(NCCOc1ccccc1)NCCS(=O)(=O)c1ccccc1.I. The molecule has 0 atom stereocenters. The van der Waals surface area contributed by atoms with Crippen LogP contribution in [0.5, 0.6) is 5.75 Å². The molecule has 0 heterocycles. The molecule has 2 N–H and O–H groups in total. The molecule has 0 fully saturated rings. The van der Waals surface area contributed by atoms with Crippen molar-refractivity contribution in [2.24, 2.45) is 4.99 Å². The second-order valence-electron chi connectivity index (χ2n) is 5.22. The van der Waals surface area contributed by atoms with Crippen molar-refractivity contribution in [1.82, 2.24) is 10.6 Å². The van der Waals surface area contributed by atoms with Crippen LogP contribution >= 0.6 is 24.0 Å². The second-order valence-corrected chi connectivity index (χ2v) is 7.33. The van der Waals surface area contributed by atoms with Gasteiger partial charge in [-0.25, -0.2) is 8.42 Å². The van der Waals surface area contributed by atoms with Gasteiger partial charge in [-0.2, -0.15) is 0 Å². The van der Waals surface area contributed by atoms with Crippen molar-refractivity contribution in [2.75, 3.05) is 32.5 Å². The van der Waals surface area contributed by atoms with Gasteiger partial charge in [-0.05, 0) is 24.3 Å². The highest BCUT2D eigenvalue weighted by Gasteiger charge is 2.13. The Morgan fingerprint density at radius 1 is 0.962 bits per heavy atom. The Hall–Kier alpha value is -1.81. The average Bonchev–Trinajstić information content (AvgIpc) is 2.65. The molecule has 0 aliphatic carbocycles. The molecule has 0 unspecified atom stereocenters. The van der Waals surface area contributed by atoms with E-state index in [4.69, 9.17) is 4.74 Å². The van der Waals surface area contributed by atoms with Crippen molar-refractivity contribution >= 4 is 39.8 Å². The van der Waals surface area contributed by atoms with E-state index in [9.17, 15) is 8.42 Å². The minimum atomic E-state index is -3.30. The molecule has 0 spiro atoms. The van der Waals surface area contributed by atoms with E-state index >= 15 is 0 Å². The first-order valence-corrected chi connectivity index (χ1v) is 9.67. The van der Waals surface area contributed by atoms with Crippen LogP contribution in [-0.4, -0.2) is 46.9 Å². The van der Waals surface area contributed by atoms with E-state index in [-0.39, 0.29) is 36.3 Å². The lowest BCUT2D eigenvalue weighted by molar-refractivity contribution is 0.322. The third-order valence-electron chi connectivity index (χ3n) is 3.40. The van der Waals surface area contributed by atoms with Gasteiger partial charge in [0, 0.05) is 13.6 Å². The number of hydrogen-bond donors (Lipinski definition) is 2. The molecular weight excluding hydrogens is 465 g/mol. The molecule has 6 nitrogen and oxygen atoms in total. The zero-order valence-electron chi connectivity index (χ0n) is 14.6. The molecule has 0 saturated carbocycles. The van der Waals surface area contributed by atoms with Crippen LogP contribution in [0.15, 0.2) is 70.6 Å². The standard InChI is InChI=1S/C18H23N3O3S.HI/c1-19-18(20-12-14-24-16-8-4-2-5-9-16)21-13-15-25(22,23)17-10-6-3-7-11-17;/h2-11H,12-15H2,1H3,(H2,19,20,21);1H. The van der Waals surface area contributed by atoms with Gasteiger partial charge in [-0.15, -0.1) is 24.0 Å². The highest BCUT2D eigenvalue weighted by atomic mass is 127. The Balaban J connectivity index is 0.00000338. The highest BCUT2D eigenvalue weighted by molar-refractivity contribution is 14.0. The van der Waals surface area contributed by atoms with E-state index in [2.05, 4.69) is 15.6 Å². The second kappa shape index (κ2) is 11.7. The smallest absolute Gasteiger partial charge is 0.191 e. The number of nitrogens with zero attached hydrogens (tertiary/aromatic N) is 1. The maximum atomic E-state index is 12.2. The molecule has 0 amide bonds. The Morgan fingerprint density at radius 2 is 1.54 bits per heavy atom. The number of guanidine groups is 1. The van der Waals surface area contributed by atoms with Crippen molar-refractivity contribution in [3.63, 3.8) is 0 Å². The van der Waals surface area contributed by atoms with Crippen LogP contribution in [0.3, 0.4) is 0 Å². The minimum Gasteiger partial charge on any atom is -0.492 e. The summed E-state index contributed by atoms with van der Waals surface area (Å²) in [4.78, 5) is 4.40. The molecule has 8 heteroatoms. The molecule has 0 aromatic heterocycles. The number of hydrogen-bond acceptors (Lipinski definition) is 4. The number of ether oxygens (including phenoxy) is 1. The van der Waals surface area contributed by atoms with Gasteiger partial charge in [0.25, 0.3) is 0 Å². The van der Waals surface area contributed by atoms with E-state index in [0.29, 0.717) is 24.0 Å². The minimum absolute atomic E-state index is 0. The van der Waals surface area contributed by atoms with Gasteiger partial charge < -0.3 is 15.4 Å². The van der Waals surface area contributed by atoms with Crippen molar-refractivity contribution in [3.05, 3.63) is 60.7 Å². The van der Waals surface area contributed by atoms with Crippen molar-refractivity contribution in [1.29, 1.82) is 0 Å². The Labute approximate surface area is 172 Å². The van der Waals surface area contributed by atoms with Crippen LogP contribution in [0, 0.1) is 0 Å². The molecule has 26 heavy (non-hydrogen) atoms. The zero-order chi connectivity index (χ0) is 18.0. The van der Waals surface area contributed by atoms with Crippen LogP contribution in [-0.2, 0) is 9.84 Å². The number of nitrogens with one attached hydrogen (secondary N) is 2. The number of halogens is 1. The fourth-order valence-corrected chi connectivity index (χ4v) is 3.30. The molecule has 142 valence electrons. The molecular formula is C18H24IN3O3S. The molecule has 0 saturated heterocycles. The van der Waals surface area contributed by atoms with Gasteiger partial charge in [-0.3, -0.25) is 4.99 Å². The molecule has 0 aliphatic heterocycles. The van der Waals surface area contributed by atoms with Crippen molar-refractivity contribution < 1.29 is 13.2 Å². The first-order chi connectivity index (χ1) is 12.1. The van der Waals surface area contributed by atoms with Crippen LogP contribution in [0.2, 0.25) is 0 Å². The summed E-state index contributed by atoms with van der Waals surface area (Å²) in [7, 11) is -1.66. The average molecular weight is 489 g/mol. The topological polar surface area (TPSA) is 79.8 Å². The lowest BCUT2D eigenvalue weighted by Gasteiger charge is -2.12. The largest absolute Gasteiger partial charge is 0.492 e. The fraction of sp³-hybridized carbons (Fsp3) is 0.278. The monoisotopic (exact) mass is 489 g/mol. The van der Waals surface area contributed by atoms with Crippen LogP contribution in [0.1, 0.15) is 0 Å². The lowest BCUT2D eigenvalue weighted by Crippen LogP contribution is -2.41. The molecule has 2 aromatic rings. The van der Waals surface area contributed by atoms with Gasteiger partial charge in [0.2, 0.25) is 0 Å². The third-order valence-corrected chi connectivity index (χ3v) is 5.13. The summed E-state index contributed by atoms with van der Waals surface area (Å²) in [5, 5.41) is 6.08. The molecule has 2 aromatic carbocycles. The predicted octanol–water partition coefficient (Wildman–Crippen LogP) is 2.32. The summed E-state index contributed by atoms with van der Waals surface area (Å²) < 4.78 is 30.0. The zero-order valence-corrected chi connectivity index (χ0v) is 17.7. The number of rotatable bonds is 8. The highest BCUT2D eigenvalue weighted by Crippen LogP contribution is 2.09. The Morgan fingerprint density at radius 3 is 2.15 bits per heavy atom. The number of para-hydroxylation sites is 1. The predicted molar refractivity (Wildman–Crippen MR) is 115 cm³/mol. The third kappa shape index (κ3) is 7.61. The molecule has 0 radical (unpaired) electrons. The number of benzene rings is 2. The molecule has 0 aliphatic rings. The maximum absolute atomic E-state index is 12.2. The summed E-state index contributed by atoms with van der Waals surface area (Å²) in [6, 6.07) is 18.0. The van der Waals surface area contributed by atoms with E-state index in [1.165, 1.54) is 0 Å². The van der Waals surface area contributed by atoms with Gasteiger partial charge in [0.15, 0.2) is 15.8 Å². The summed E-state index contributed by atoms with van der Waals surface area (Å²) >= 11 is 0. The summed E-state index contributed by atoms with van der Waals surface area (Å²) in [5.41, 5.74) is 0. The van der Waals surface area contributed by atoms with E-state index in [0.717, 1.165) is 5.75 Å². The lowest BCUT2D eigenvalue weighted by atomic mass is 10.3. The normalized spacial score (nSPS) is 11.3. The summed E-state index contributed by atoms with van der Waals surface area (Å²) in [6.07, 6.45) is 0. The number of aliphatic imine (C=N–C) groups is 1. The summed E-state index contributed by atoms with van der Waals surface area (Å²) in [6.45, 7) is 1.31. The van der Waals surface area contributed by atoms with Gasteiger partial charge >= 0.3 is 0 Å².